The van der Waals surface area contributed by atoms with Crippen LogP contribution in [0.15, 0.2) is 18.2 Å². The van der Waals surface area contributed by atoms with Crippen molar-refractivity contribution in [2.75, 3.05) is 39.4 Å². The molecular formula is C19H32N2O3. The summed E-state index contributed by atoms with van der Waals surface area (Å²) in [5, 5.41) is 19.2. The average molecular weight is 336 g/mol. The van der Waals surface area contributed by atoms with Gasteiger partial charge in [-0.1, -0.05) is 19.9 Å². The number of hydrogen-bond acceptors (Lipinski definition) is 5. The summed E-state index contributed by atoms with van der Waals surface area (Å²) in [4.78, 5) is 4.94. The number of aliphatic hydroxyl groups is 1. The zero-order valence-electron chi connectivity index (χ0n) is 15.2. The lowest BCUT2D eigenvalue weighted by Gasteiger charge is -2.42. The van der Waals surface area contributed by atoms with Gasteiger partial charge in [0.15, 0.2) is 11.5 Å². The molecule has 1 aromatic carbocycles. The normalized spacial score (nSPS) is 19.8. The minimum Gasteiger partial charge on any atom is -0.504 e. The van der Waals surface area contributed by atoms with Crippen LogP contribution >= 0.6 is 0 Å². The Balaban J connectivity index is 1.99. The van der Waals surface area contributed by atoms with E-state index >= 15 is 0 Å². The number of aromatic hydroxyl groups is 1. The van der Waals surface area contributed by atoms with E-state index in [0.717, 1.165) is 44.7 Å². The van der Waals surface area contributed by atoms with E-state index < -0.39 is 0 Å². The van der Waals surface area contributed by atoms with Crippen LogP contribution in [0.4, 0.5) is 0 Å². The van der Waals surface area contributed by atoms with Crippen LogP contribution < -0.4 is 4.74 Å². The Labute approximate surface area is 145 Å². The highest BCUT2D eigenvalue weighted by molar-refractivity contribution is 5.41. The molecule has 0 unspecified atom stereocenters. The smallest absolute Gasteiger partial charge is 0.161 e. The van der Waals surface area contributed by atoms with E-state index in [-0.39, 0.29) is 12.4 Å². The number of phenolic OH excluding ortho intramolecular Hbond substituents is 1. The Hall–Kier alpha value is -1.30. The standard InChI is InChI=1S/C19H32N2O3/c1-4-24-19-11-16(5-6-18(19)23)13-20-8-9-21(12-15(2)3)17(14-20)7-10-22/h5-6,11,15,17,22-23H,4,7-10,12-14H2,1-3H3/t17-/m1/s1. The molecule has 136 valence electrons. The van der Waals surface area contributed by atoms with Crippen LogP contribution in [0.1, 0.15) is 32.8 Å². The summed E-state index contributed by atoms with van der Waals surface area (Å²) in [7, 11) is 0. The van der Waals surface area contributed by atoms with Crippen LogP contribution in [0, 0.1) is 5.92 Å². The van der Waals surface area contributed by atoms with Crippen molar-refractivity contribution in [1.82, 2.24) is 9.80 Å². The van der Waals surface area contributed by atoms with Gasteiger partial charge in [0.2, 0.25) is 0 Å². The predicted octanol–water partition coefficient (Wildman–Crippen LogP) is 2.32. The summed E-state index contributed by atoms with van der Waals surface area (Å²) in [6.07, 6.45) is 0.822. The number of benzene rings is 1. The molecule has 2 rings (SSSR count). The molecule has 1 aliphatic heterocycles. The quantitative estimate of drug-likeness (QED) is 0.763. The van der Waals surface area contributed by atoms with Crippen molar-refractivity contribution >= 4 is 0 Å². The average Bonchev–Trinajstić information content (AvgIpc) is 2.53. The highest BCUT2D eigenvalue weighted by Gasteiger charge is 2.27. The van der Waals surface area contributed by atoms with Gasteiger partial charge in [0.1, 0.15) is 0 Å². The first kappa shape index (κ1) is 19.0. The van der Waals surface area contributed by atoms with E-state index in [9.17, 15) is 10.2 Å². The first-order valence-electron chi connectivity index (χ1n) is 9.05. The third kappa shape index (κ3) is 5.36. The third-order valence-electron chi connectivity index (χ3n) is 4.48. The molecule has 0 aliphatic carbocycles. The van der Waals surface area contributed by atoms with Crippen LogP contribution in [0.5, 0.6) is 11.5 Å². The second-order valence-corrected chi connectivity index (χ2v) is 7.03. The summed E-state index contributed by atoms with van der Waals surface area (Å²) in [5.74, 6) is 1.39. The molecule has 0 amide bonds. The van der Waals surface area contributed by atoms with Crippen molar-refractivity contribution in [1.29, 1.82) is 0 Å². The van der Waals surface area contributed by atoms with Gasteiger partial charge in [-0.3, -0.25) is 9.80 Å². The number of aliphatic hydroxyl groups excluding tert-OH is 1. The fourth-order valence-corrected chi connectivity index (χ4v) is 3.42. The Kier molecular flexibility index (Phi) is 7.34. The SMILES string of the molecule is CCOc1cc(CN2CCN(CC(C)C)[C@H](CCO)C2)ccc1O. The highest BCUT2D eigenvalue weighted by atomic mass is 16.5. The van der Waals surface area contributed by atoms with E-state index in [4.69, 9.17) is 4.74 Å². The number of rotatable bonds is 8. The van der Waals surface area contributed by atoms with E-state index in [1.165, 1.54) is 0 Å². The molecule has 1 aromatic rings. The molecule has 0 radical (unpaired) electrons. The first-order valence-corrected chi connectivity index (χ1v) is 9.05. The number of nitrogens with zero attached hydrogens (tertiary/aromatic N) is 2. The van der Waals surface area contributed by atoms with Crippen molar-refractivity contribution in [3.8, 4) is 11.5 Å². The molecule has 24 heavy (non-hydrogen) atoms. The monoisotopic (exact) mass is 336 g/mol. The Morgan fingerprint density at radius 2 is 2.08 bits per heavy atom. The number of phenols is 1. The van der Waals surface area contributed by atoms with E-state index in [0.29, 0.717) is 24.3 Å². The number of ether oxygens (including phenoxy) is 1. The van der Waals surface area contributed by atoms with Crippen molar-refractivity contribution < 1.29 is 14.9 Å². The van der Waals surface area contributed by atoms with Gasteiger partial charge in [0.25, 0.3) is 0 Å². The summed E-state index contributed by atoms with van der Waals surface area (Å²) in [6, 6.07) is 6.01. The maximum absolute atomic E-state index is 9.83. The minimum absolute atomic E-state index is 0.195. The Bertz CT molecular complexity index is 507. The maximum atomic E-state index is 9.83. The minimum atomic E-state index is 0.195. The molecule has 1 heterocycles. The Morgan fingerprint density at radius 1 is 1.29 bits per heavy atom. The van der Waals surface area contributed by atoms with E-state index in [1.807, 2.05) is 19.1 Å². The zero-order chi connectivity index (χ0) is 17.5. The van der Waals surface area contributed by atoms with E-state index in [2.05, 4.69) is 23.6 Å². The van der Waals surface area contributed by atoms with Crippen molar-refractivity contribution in [3.05, 3.63) is 23.8 Å². The second kappa shape index (κ2) is 9.25. The lowest BCUT2D eigenvalue weighted by Crippen LogP contribution is -2.53. The summed E-state index contributed by atoms with van der Waals surface area (Å²) in [6.45, 7) is 12.2. The lowest BCUT2D eigenvalue weighted by atomic mass is 10.1. The molecular weight excluding hydrogens is 304 g/mol. The van der Waals surface area contributed by atoms with Gasteiger partial charge < -0.3 is 14.9 Å². The van der Waals surface area contributed by atoms with Gasteiger partial charge >= 0.3 is 0 Å². The number of hydrogen-bond donors (Lipinski definition) is 2. The number of piperazine rings is 1. The topological polar surface area (TPSA) is 56.2 Å². The molecule has 1 aliphatic rings. The fraction of sp³-hybridized carbons (Fsp3) is 0.684. The molecule has 5 heteroatoms. The van der Waals surface area contributed by atoms with Gasteiger partial charge in [-0.15, -0.1) is 0 Å². The third-order valence-corrected chi connectivity index (χ3v) is 4.48. The second-order valence-electron chi connectivity index (χ2n) is 7.03. The maximum Gasteiger partial charge on any atom is 0.161 e. The molecule has 1 fully saturated rings. The zero-order valence-corrected chi connectivity index (χ0v) is 15.2. The van der Waals surface area contributed by atoms with Crippen molar-refractivity contribution in [2.24, 2.45) is 5.92 Å². The molecule has 1 saturated heterocycles. The predicted molar refractivity (Wildman–Crippen MR) is 96.5 cm³/mol. The summed E-state index contributed by atoms with van der Waals surface area (Å²) >= 11 is 0. The van der Waals surface area contributed by atoms with Crippen LogP contribution in [0.2, 0.25) is 0 Å². The van der Waals surface area contributed by atoms with Gasteiger partial charge in [0, 0.05) is 45.4 Å². The van der Waals surface area contributed by atoms with Crippen molar-refractivity contribution in [2.45, 2.75) is 39.8 Å². The molecule has 0 bridgehead atoms. The van der Waals surface area contributed by atoms with Gasteiger partial charge in [-0.05, 0) is 37.0 Å². The van der Waals surface area contributed by atoms with Gasteiger partial charge in [-0.2, -0.15) is 0 Å². The van der Waals surface area contributed by atoms with E-state index in [1.54, 1.807) is 6.07 Å². The fourth-order valence-electron chi connectivity index (χ4n) is 3.42. The lowest BCUT2D eigenvalue weighted by molar-refractivity contribution is 0.0476. The first-order chi connectivity index (χ1) is 11.5. The van der Waals surface area contributed by atoms with Crippen LogP contribution in [-0.2, 0) is 6.54 Å². The van der Waals surface area contributed by atoms with Gasteiger partial charge in [-0.25, -0.2) is 0 Å². The molecule has 0 spiro atoms. The Morgan fingerprint density at radius 3 is 2.75 bits per heavy atom. The summed E-state index contributed by atoms with van der Waals surface area (Å²) in [5.41, 5.74) is 1.15. The van der Waals surface area contributed by atoms with Crippen LogP contribution in [0.3, 0.4) is 0 Å². The van der Waals surface area contributed by atoms with Gasteiger partial charge in [0.05, 0.1) is 6.61 Å². The van der Waals surface area contributed by atoms with Crippen LogP contribution in [0.25, 0.3) is 0 Å². The molecule has 0 aromatic heterocycles. The largest absolute Gasteiger partial charge is 0.504 e. The molecule has 0 saturated carbocycles. The molecule has 2 N–H and O–H groups in total. The summed E-state index contributed by atoms with van der Waals surface area (Å²) < 4.78 is 5.48. The molecule has 1 atom stereocenters. The van der Waals surface area contributed by atoms with Crippen LogP contribution in [-0.4, -0.2) is 65.4 Å². The molecule has 5 nitrogen and oxygen atoms in total. The highest BCUT2D eigenvalue weighted by Crippen LogP contribution is 2.28. The van der Waals surface area contributed by atoms with Crippen molar-refractivity contribution in [3.63, 3.8) is 0 Å².